The topological polar surface area (TPSA) is 35.0 Å². The maximum atomic E-state index is 5.73. The SMILES string of the molecule is CCCCOc1ccc(-c2ccc(-c3ncc([Si]CC)cn3)cc2)cc1. The Morgan fingerprint density at radius 1 is 0.808 bits per heavy atom. The molecule has 0 saturated heterocycles. The van der Waals surface area contributed by atoms with E-state index in [1.807, 2.05) is 24.5 Å². The maximum absolute atomic E-state index is 5.73. The van der Waals surface area contributed by atoms with Crippen molar-refractivity contribution in [2.75, 3.05) is 6.61 Å². The highest BCUT2D eigenvalue weighted by Crippen LogP contribution is 2.25. The molecule has 0 spiro atoms. The van der Waals surface area contributed by atoms with Gasteiger partial charge in [0.1, 0.15) is 5.75 Å². The summed E-state index contributed by atoms with van der Waals surface area (Å²) in [5, 5.41) is 1.22. The molecular weight excluding hydrogens is 336 g/mol. The van der Waals surface area contributed by atoms with E-state index >= 15 is 0 Å². The van der Waals surface area contributed by atoms with Crippen LogP contribution >= 0.6 is 0 Å². The average Bonchev–Trinajstić information content (AvgIpc) is 2.70. The largest absolute Gasteiger partial charge is 0.494 e. The zero-order valence-corrected chi connectivity index (χ0v) is 16.4. The summed E-state index contributed by atoms with van der Waals surface area (Å²) in [6.45, 7) is 5.12. The molecule has 1 aromatic heterocycles. The van der Waals surface area contributed by atoms with Crippen molar-refractivity contribution in [1.29, 1.82) is 0 Å². The molecule has 0 aliphatic rings. The second kappa shape index (κ2) is 9.29. The molecule has 0 atom stereocenters. The molecule has 4 heteroatoms. The summed E-state index contributed by atoms with van der Waals surface area (Å²) >= 11 is 0. The van der Waals surface area contributed by atoms with E-state index in [1.54, 1.807) is 0 Å². The Morgan fingerprint density at radius 3 is 1.96 bits per heavy atom. The molecule has 0 saturated carbocycles. The predicted octanol–water partition coefficient (Wildman–Crippen LogP) is 4.76. The van der Waals surface area contributed by atoms with Crippen molar-refractivity contribution in [2.24, 2.45) is 0 Å². The summed E-state index contributed by atoms with van der Waals surface area (Å²) in [6, 6.07) is 17.8. The van der Waals surface area contributed by atoms with Gasteiger partial charge in [-0.15, -0.1) is 0 Å². The summed E-state index contributed by atoms with van der Waals surface area (Å²) in [4.78, 5) is 8.99. The average molecular weight is 361 g/mol. The van der Waals surface area contributed by atoms with Crippen LogP contribution in [0.15, 0.2) is 60.9 Å². The number of unbranched alkanes of at least 4 members (excludes halogenated alkanes) is 1. The van der Waals surface area contributed by atoms with Gasteiger partial charge >= 0.3 is 0 Å². The first-order valence-corrected chi connectivity index (χ1v) is 10.4. The van der Waals surface area contributed by atoms with Crippen molar-refractivity contribution in [3.05, 3.63) is 60.9 Å². The molecule has 2 aromatic carbocycles. The van der Waals surface area contributed by atoms with Crippen LogP contribution in [0.1, 0.15) is 26.7 Å². The van der Waals surface area contributed by atoms with Crippen molar-refractivity contribution in [2.45, 2.75) is 32.7 Å². The Kier molecular flexibility index (Phi) is 6.55. The Bertz CT molecular complexity index is 799. The molecule has 0 N–H and O–H groups in total. The molecule has 26 heavy (non-hydrogen) atoms. The zero-order chi connectivity index (χ0) is 18.2. The predicted molar refractivity (Wildman–Crippen MR) is 109 cm³/mol. The van der Waals surface area contributed by atoms with E-state index < -0.39 is 0 Å². The van der Waals surface area contributed by atoms with E-state index in [2.05, 4.69) is 60.2 Å². The monoisotopic (exact) mass is 360 g/mol. The minimum absolute atomic E-state index is 0.779. The number of hydrogen-bond donors (Lipinski definition) is 0. The molecule has 3 rings (SSSR count). The van der Waals surface area contributed by atoms with Crippen molar-refractivity contribution < 1.29 is 4.74 Å². The Hall–Kier alpha value is -2.46. The van der Waals surface area contributed by atoms with Crippen LogP contribution in [-0.4, -0.2) is 26.1 Å². The lowest BCUT2D eigenvalue weighted by atomic mass is 10.0. The molecule has 3 nitrogen and oxygen atoms in total. The maximum Gasteiger partial charge on any atom is 0.159 e. The lowest BCUT2D eigenvalue weighted by molar-refractivity contribution is 0.309. The van der Waals surface area contributed by atoms with Crippen molar-refractivity contribution in [1.82, 2.24) is 9.97 Å². The van der Waals surface area contributed by atoms with Crippen LogP contribution in [0.4, 0.5) is 0 Å². The third-order valence-electron chi connectivity index (χ3n) is 4.13. The second-order valence-corrected chi connectivity index (χ2v) is 7.77. The van der Waals surface area contributed by atoms with Gasteiger partial charge in [-0.1, -0.05) is 62.7 Å². The van der Waals surface area contributed by atoms with Gasteiger partial charge < -0.3 is 4.74 Å². The van der Waals surface area contributed by atoms with Crippen LogP contribution in [0.2, 0.25) is 6.04 Å². The molecule has 0 amide bonds. The summed E-state index contributed by atoms with van der Waals surface area (Å²) in [7, 11) is 0.783. The van der Waals surface area contributed by atoms with Gasteiger partial charge in [0.05, 0.1) is 16.1 Å². The minimum atomic E-state index is 0.779. The van der Waals surface area contributed by atoms with E-state index in [0.717, 1.165) is 52.1 Å². The summed E-state index contributed by atoms with van der Waals surface area (Å²) in [5.74, 6) is 1.71. The van der Waals surface area contributed by atoms with Crippen LogP contribution in [0, 0.1) is 0 Å². The normalized spacial score (nSPS) is 10.7. The molecule has 2 radical (unpaired) electrons. The first-order valence-electron chi connectivity index (χ1n) is 9.19. The summed E-state index contributed by atoms with van der Waals surface area (Å²) in [6.07, 6.45) is 6.12. The molecule has 3 aromatic rings. The zero-order valence-electron chi connectivity index (χ0n) is 15.4. The fraction of sp³-hybridized carbons (Fsp3) is 0.273. The van der Waals surface area contributed by atoms with Gasteiger partial charge in [-0.05, 0) is 34.9 Å². The number of nitrogens with zero attached hydrogens (tertiary/aromatic N) is 2. The lowest BCUT2D eigenvalue weighted by Gasteiger charge is -2.07. The lowest BCUT2D eigenvalue weighted by Crippen LogP contribution is -2.14. The minimum Gasteiger partial charge on any atom is -0.494 e. The van der Waals surface area contributed by atoms with Crippen molar-refractivity contribution in [3.63, 3.8) is 0 Å². The molecule has 132 valence electrons. The molecular formula is C22H24N2OSi. The van der Waals surface area contributed by atoms with Gasteiger partial charge in [0.25, 0.3) is 0 Å². The van der Waals surface area contributed by atoms with Crippen LogP contribution in [0.5, 0.6) is 5.75 Å². The quantitative estimate of drug-likeness (QED) is 0.429. The highest BCUT2D eigenvalue weighted by Gasteiger charge is 2.04. The fourth-order valence-corrected chi connectivity index (χ4v) is 3.38. The number of hydrogen-bond acceptors (Lipinski definition) is 3. The molecule has 0 fully saturated rings. The Labute approximate surface area is 158 Å². The molecule has 0 aliphatic heterocycles. The first kappa shape index (κ1) is 18.3. The molecule has 1 heterocycles. The van der Waals surface area contributed by atoms with Gasteiger partial charge in [0.15, 0.2) is 5.82 Å². The fourth-order valence-electron chi connectivity index (χ4n) is 2.66. The van der Waals surface area contributed by atoms with Crippen LogP contribution < -0.4 is 9.92 Å². The molecule has 0 bridgehead atoms. The summed E-state index contributed by atoms with van der Waals surface area (Å²) in [5.41, 5.74) is 3.40. The van der Waals surface area contributed by atoms with E-state index in [4.69, 9.17) is 4.74 Å². The van der Waals surface area contributed by atoms with Crippen LogP contribution in [0.3, 0.4) is 0 Å². The highest BCUT2D eigenvalue weighted by molar-refractivity contribution is 6.53. The van der Waals surface area contributed by atoms with E-state index in [1.165, 1.54) is 16.3 Å². The standard InChI is InChI=1S/C22H24N2OSi/c1-3-5-14-25-20-12-10-18(11-13-20)17-6-8-19(9-7-17)22-23-15-21(16-24-22)26-4-2/h6-13,15-16H,3-5,14H2,1-2H3. The number of aromatic nitrogens is 2. The Morgan fingerprint density at radius 2 is 1.38 bits per heavy atom. The third-order valence-corrected chi connectivity index (χ3v) is 5.15. The van der Waals surface area contributed by atoms with Crippen LogP contribution in [0.25, 0.3) is 22.5 Å². The van der Waals surface area contributed by atoms with E-state index in [-0.39, 0.29) is 0 Å². The van der Waals surface area contributed by atoms with Crippen molar-refractivity contribution >= 4 is 14.7 Å². The Balaban J connectivity index is 1.68. The summed E-state index contributed by atoms with van der Waals surface area (Å²) < 4.78 is 5.73. The van der Waals surface area contributed by atoms with Crippen LogP contribution in [-0.2, 0) is 0 Å². The van der Waals surface area contributed by atoms with E-state index in [9.17, 15) is 0 Å². The van der Waals surface area contributed by atoms with Gasteiger partial charge in [0.2, 0.25) is 0 Å². The third kappa shape index (κ3) is 4.79. The van der Waals surface area contributed by atoms with Crippen molar-refractivity contribution in [3.8, 4) is 28.3 Å². The van der Waals surface area contributed by atoms with Gasteiger partial charge in [0, 0.05) is 18.0 Å². The molecule has 0 aliphatic carbocycles. The van der Waals surface area contributed by atoms with Gasteiger partial charge in [-0.25, -0.2) is 9.97 Å². The number of rotatable bonds is 8. The number of benzene rings is 2. The number of ether oxygens (including phenoxy) is 1. The second-order valence-electron chi connectivity index (χ2n) is 6.13. The highest BCUT2D eigenvalue weighted by atomic mass is 28.2. The first-order chi connectivity index (χ1) is 12.8. The van der Waals surface area contributed by atoms with Gasteiger partial charge in [-0.3, -0.25) is 0 Å². The van der Waals surface area contributed by atoms with E-state index in [0.29, 0.717) is 0 Å². The van der Waals surface area contributed by atoms with Gasteiger partial charge in [-0.2, -0.15) is 0 Å². The molecule has 0 unspecified atom stereocenters. The smallest absolute Gasteiger partial charge is 0.159 e.